The summed E-state index contributed by atoms with van der Waals surface area (Å²) in [6.45, 7) is 1.71. The molecular formula is C11H8N2O. The number of carbonyl (C=O) groups excluding carboxylic acids is 1. The molecule has 0 aromatic heterocycles. The molecule has 1 rings (SSSR count). The number of nitrogens with zero attached hydrogens (tertiary/aromatic N) is 2. The van der Waals surface area contributed by atoms with Crippen LogP contribution in [0.15, 0.2) is 12.1 Å². The van der Waals surface area contributed by atoms with Gasteiger partial charge in [-0.05, 0) is 18.1 Å². The van der Waals surface area contributed by atoms with Gasteiger partial charge in [0, 0.05) is 5.56 Å². The molecule has 0 bridgehead atoms. The molecule has 0 aliphatic carbocycles. The monoisotopic (exact) mass is 184 g/mol. The summed E-state index contributed by atoms with van der Waals surface area (Å²) in [5.74, 6) is 0. The van der Waals surface area contributed by atoms with Crippen LogP contribution in [0.2, 0.25) is 0 Å². The van der Waals surface area contributed by atoms with Crippen LogP contribution in [0.1, 0.15) is 27.0 Å². The van der Waals surface area contributed by atoms with Crippen molar-refractivity contribution in [3.63, 3.8) is 0 Å². The van der Waals surface area contributed by atoms with Gasteiger partial charge in [-0.2, -0.15) is 10.5 Å². The minimum absolute atomic E-state index is 0.197. The van der Waals surface area contributed by atoms with E-state index in [1.807, 2.05) is 12.1 Å². The number of benzene rings is 1. The maximum Gasteiger partial charge on any atom is 0.150 e. The number of hydrogen-bond donors (Lipinski definition) is 0. The molecule has 0 amide bonds. The fourth-order valence-corrected chi connectivity index (χ4v) is 1.30. The van der Waals surface area contributed by atoms with E-state index in [0.717, 1.165) is 0 Å². The van der Waals surface area contributed by atoms with Gasteiger partial charge < -0.3 is 0 Å². The van der Waals surface area contributed by atoms with Gasteiger partial charge in [-0.25, -0.2) is 0 Å². The topological polar surface area (TPSA) is 64.7 Å². The lowest BCUT2D eigenvalue weighted by atomic mass is 9.97. The van der Waals surface area contributed by atoms with Crippen LogP contribution in [0, 0.1) is 29.6 Å². The van der Waals surface area contributed by atoms with Crippen molar-refractivity contribution in [2.75, 3.05) is 0 Å². The van der Waals surface area contributed by atoms with Crippen LogP contribution < -0.4 is 0 Å². The fraction of sp³-hybridized carbons (Fsp3) is 0.182. The molecule has 0 saturated heterocycles. The molecule has 3 heteroatoms. The summed E-state index contributed by atoms with van der Waals surface area (Å²) >= 11 is 0. The van der Waals surface area contributed by atoms with Gasteiger partial charge in [0.2, 0.25) is 0 Å². The van der Waals surface area contributed by atoms with Crippen molar-refractivity contribution < 1.29 is 4.79 Å². The molecule has 3 nitrogen and oxygen atoms in total. The Morgan fingerprint density at radius 1 is 1.43 bits per heavy atom. The molecule has 0 saturated carbocycles. The van der Waals surface area contributed by atoms with Gasteiger partial charge >= 0.3 is 0 Å². The van der Waals surface area contributed by atoms with Gasteiger partial charge in [0.05, 0.1) is 24.1 Å². The van der Waals surface area contributed by atoms with Crippen LogP contribution in [0.4, 0.5) is 0 Å². The number of hydrogen-bond acceptors (Lipinski definition) is 3. The van der Waals surface area contributed by atoms with E-state index in [1.54, 1.807) is 19.1 Å². The zero-order valence-electron chi connectivity index (χ0n) is 7.74. The third-order valence-electron chi connectivity index (χ3n) is 2.10. The average molecular weight is 184 g/mol. The highest BCUT2D eigenvalue weighted by molar-refractivity contribution is 5.79. The first kappa shape index (κ1) is 9.95. The Labute approximate surface area is 82.2 Å². The molecule has 68 valence electrons. The number of rotatable bonds is 2. The highest BCUT2D eigenvalue weighted by atomic mass is 16.1. The van der Waals surface area contributed by atoms with E-state index in [-0.39, 0.29) is 6.42 Å². The minimum Gasteiger partial charge on any atom is -0.298 e. The fourth-order valence-electron chi connectivity index (χ4n) is 1.30. The summed E-state index contributed by atoms with van der Waals surface area (Å²) < 4.78 is 0. The number of carbonyl (C=O) groups is 1. The van der Waals surface area contributed by atoms with Crippen molar-refractivity contribution in [1.29, 1.82) is 10.5 Å². The van der Waals surface area contributed by atoms with Crippen LogP contribution in [-0.2, 0) is 6.42 Å². The van der Waals surface area contributed by atoms with Crippen molar-refractivity contribution in [1.82, 2.24) is 0 Å². The van der Waals surface area contributed by atoms with Crippen LogP contribution in [-0.4, -0.2) is 6.29 Å². The lowest BCUT2D eigenvalue weighted by Gasteiger charge is -2.04. The summed E-state index contributed by atoms with van der Waals surface area (Å²) in [6, 6.07) is 7.28. The Morgan fingerprint density at radius 3 is 2.64 bits per heavy atom. The highest BCUT2D eigenvalue weighted by Crippen LogP contribution is 2.17. The molecule has 1 aromatic carbocycles. The van der Waals surface area contributed by atoms with Crippen molar-refractivity contribution in [3.05, 3.63) is 34.4 Å². The first-order valence-electron chi connectivity index (χ1n) is 4.09. The third kappa shape index (κ3) is 1.62. The second kappa shape index (κ2) is 4.20. The smallest absolute Gasteiger partial charge is 0.150 e. The average Bonchev–Trinajstić information content (AvgIpc) is 2.19. The number of nitriles is 2. The second-order valence-corrected chi connectivity index (χ2v) is 2.88. The zero-order valence-corrected chi connectivity index (χ0v) is 7.74. The lowest BCUT2D eigenvalue weighted by Crippen LogP contribution is -1.96. The second-order valence-electron chi connectivity index (χ2n) is 2.88. The predicted octanol–water partition coefficient (Wildman–Crippen LogP) is 1.75. The molecule has 0 radical (unpaired) electrons. The van der Waals surface area contributed by atoms with Gasteiger partial charge in [-0.3, -0.25) is 4.79 Å². The van der Waals surface area contributed by atoms with E-state index in [4.69, 9.17) is 10.5 Å². The standard InChI is InChI=1S/C11H8N2O/c1-8-10(7-14)3-2-9(4-5-12)11(8)6-13/h2-3,7H,4H2,1H3. The lowest BCUT2D eigenvalue weighted by molar-refractivity contribution is 0.112. The van der Waals surface area contributed by atoms with E-state index in [1.165, 1.54) is 0 Å². The molecule has 0 aliphatic heterocycles. The summed E-state index contributed by atoms with van der Waals surface area (Å²) in [5, 5.41) is 17.4. The molecule has 0 aliphatic rings. The van der Waals surface area contributed by atoms with E-state index in [2.05, 4.69) is 0 Å². The van der Waals surface area contributed by atoms with Crippen LogP contribution in [0.5, 0.6) is 0 Å². The van der Waals surface area contributed by atoms with E-state index in [9.17, 15) is 4.79 Å². The Kier molecular flexibility index (Phi) is 2.99. The molecule has 14 heavy (non-hydrogen) atoms. The maximum absolute atomic E-state index is 10.6. The van der Waals surface area contributed by atoms with Gasteiger partial charge in [0.1, 0.15) is 6.29 Å². The van der Waals surface area contributed by atoms with Gasteiger partial charge in [-0.15, -0.1) is 0 Å². The van der Waals surface area contributed by atoms with E-state index < -0.39 is 0 Å². The normalized spacial score (nSPS) is 8.79. The summed E-state index contributed by atoms with van der Waals surface area (Å²) in [6.07, 6.45) is 0.912. The molecule has 1 aromatic rings. The summed E-state index contributed by atoms with van der Waals surface area (Å²) in [7, 11) is 0. The summed E-state index contributed by atoms with van der Waals surface area (Å²) in [5.41, 5.74) is 2.27. The first-order chi connectivity index (χ1) is 6.74. The SMILES string of the molecule is Cc1c(C=O)ccc(CC#N)c1C#N. The molecule has 0 N–H and O–H groups in total. The Hall–Kier alpha value is -2.13. The molecule has 0 spiro atoms. The minimum atomic E-state index is 0.197. The predicted molar refractivity (Wildman–Crippen MR) is 50.6 cm³/mol. The largest absolute Gasteiger partial charge is 0.298 e. The van der Waals surface area contributed by atoms with Crippen LogP contribution in [0.3, 0.4) is 0 Å². The van der Waals surface area contributed by atoms with Crippen molar-refractivity contribution in [2.24, 2.45) is 0 Å². The van der Waals surface area contributed by atoms with E-state index in [0.29, 0.717) is 28.5 Å². The Morgan fingerprint density at radius 2 is 2.14 bits per heavy atom. The van der Waals surface area contributed by atoms with E-state index >= 15 is 0 Å². The third-order valence-corrected chi connectivity index (χ3v) is 2.10. The van der Waals surface area contributed by atoms with Crippen molar-refractivity contribution >= 4 is 6.29 Å². The van der Waals surface area contributed by atoms with Gasteiger partial charge in [0.15, 0.2) is 0 Å². The Balaban J connectivity index is 3.39. The van der Waals surface area contributed by atoms with Crippen LogP contribution in [0.25, 0.3) is 0 Å². The first-order valence-corrected chi connectivity index (χ1v) is 4.09. The quantitative estimate of drug-likeness (QED) is 0.657. The van der Waals surface area contributed by atoms with Crippen LogP contribution >= 0.6 is 0 Å². The Bertz CT molecular complexity index is 450. The molecule has 0 atom stereocenters. The highest BCUT2D eigenvalue weighted by Gasteiger charge is 2.08. The zero-order chi connectivity index (χ0) is 10.6. The molecule has 0 unspecified atom stereocenters. The summed E-state index contributed by atoms with van der Waals surface area (Å²) in [4.78, 5) is 10.6. The maximum atomic E-state index is 10.6. The number of aldehydes is 1. The molecule has 0 heterocycles. The van der Waals surface area contributed by atoms with Crippen molar-refractivity contribution in [3.8, 4) is 12.1 Å². The van der Waals surface area contributed by atoms with Gasteiger partial charge in [0.25, 0.3) is 0 Å². The van der Waals surface area contributed by atoms with Gasteiger partial charge in [-0.1, -0.05) is 12.1 Å². The molecular weight excluding hydrogens is 176 g/mol. The molecule has 0 fully saturated rings. The van der Waals surface area contributed by atoms with Crippen molar-refractivity contribution in [2.45, 2.75) is 13.3 Å².